The fraction of sp³-hybridized carbons (Fsp3) is 0.615. The van der Waals surface area contributed by atoms with Crippen LogP contribution in [0.25, 0.3) is 0 Å². The molecular weight excluding hydrogens is 262 g/mol. The van der Waals surface area contributed by atoms with Crippen molar-refractivity contribution in [2.24, 2.45) is 0 Å². The number of hydrogen-bond acceptors (Lipinski definition) is 4. The first kappa shape index (κ1) is 15.9. The molecule has 0 atom stereocenters. The largest absolute Gasteiger partial charge is 0.369 e. The van der Waals surface area contributed by atoms with Crippen LogP contribution >= 0.6 is 0 Å². The van der Waals surface area contributed by atoms with E-state index in [0.717, 1.165) is 19.3 Å². The van der Waals surface area contributed by atoms with Crippen molar-refractivity contribution in [2.75, 3.05) is 25.5 Å². The monoisotopic (exact) mass is 285 g/mol. The van der Waals surface area contributed by atoms with Crippen LogP contribution in [0.2, 0.25) is 0 Å². The van der Waals surface area contributed by atoms with Crippen LogP contribution < -0.4 is 5.32 Å². The third-order valence-electron chi connectivity index (χ3n) is 2.88. The standard InChI is InChI=1S/C13H23N3O2S/c1-4-6-7-11-16(3)19(17,18)12-9-8-10-15-13(12)14-5-2/h8-10H,4-7,11H2,1-3H3,(H,14,15). The number of pyridine rings is 1. The Balaban J connectivity index is 2.93. The number of aromatic nitrogens is 1. The molecule has 1 aromatic rings. The Morgan fingerprint density at radius 3 is 2.68 bits per heavy atom. The average molecular weight is 285 g/mol. The highest BCUT2D eigenvalue weighted by Gasteiger charge is 2.23. The lowest BCUT2D eigenvalue weighted by Crippen LogP contribution is -2.29. The molecule has 1 N–H and O–H groups in total. The Hall–Kier alpha value is -1.14. The molecule has 0 aliphatic carbocycles. The van der Waals surface area contributed by atoms with Gasteiger partial charge in [0.15, 0.2) is 0 Å². The van der Waals surface area contributed by atoms with E-state index < -0.39 is 10.0 Å². The van der Waals surface area contributed by atoms with Gasteiger partial charge in [0.25, 0.3) is 0 Å². The van der Waals surface area contributed by atoms with Gasteiger partial charge >= 0.3 is 0 Å². The topological polar surface area (TPSA) is 62.3 Å². The maximum atomic E-state index is 12.5. The molecule has 1 heterocycles. The highest BCUT2D eigenvalue weighted by atomic mass is 32.2. The Labute approximate surface area is 116 Å². The molecule has 0 aliphatic rings. The van der Waals surface area contributed by atoms with Crippen molar-refractivity contribution < 1.29 is 8.42 Å². The van der Waals surface area contributed by atoms with Crippen molar-refractivity contribution >= 4 is 15.8 Å². The van der Waals surface area contributed by atoms with Gasteiger partial charge in [-0.1, -0.05) is 19.8 Å². The van der Waals surface area contributed by atoms with E-state index in [1.165, 1.54) is 4.31 Å². The van der Waals surface area contributed by atoms with E-state index in [1.54, 1.807) is 25.4 Å². The van der Waals surface area contributed by atoms with Crippen molar-refractivity contribution in [3.8, 4) is 0 Å². The lowest BCUT2D eigenvalue weighted by atomic mass is 10.2. The summed E-state index contributed by atoms with van der Waals surface area (Å²) in [6.07, 6.45) is 4.58. The fourth-order valence-corrected chi connectivity index (χ4v) is 3.10. The molecule has 0 aliphatic heterocycles. The van der Waals surface area contributed by atoms with Gasteiger partial charge in [-0.3, -0.25) is 0 Å². The normalized spacial score (nSPS) is 11.8. The minimum Gasteiger partial charge on any atom is -0.369 e. The second-order valence-corrected chi connectivity index (χ2v) is 6.43. The van der Waals surface area contributed by atoms with E-state index in [1.807, 2.05) is 6.92 Å². The summed E-state index contributed by atoms with van der Waals surface area (Å²) in [4.78, 5) is 4.34. The first-order chi connectivity index (χ1) is 9.04. The number of nitrogens with one attached hydrogen (secondary N) is 1. The summed E-state index contributed by atoms with van der Waals surface area (Å²) in [6.45, 7) is 5.19. The third-order valence-corrected chi connectivity index (χ3v) is 4.77. The van der Waals surface area contributed by atoms with Crippen LogP contribution in [0.4, 0.5) is 5.82 Å². The predicted molar refractivity (Wildman–Crippen MR) is 77.7 cm³/mol. The maximum Gasteiger partial charge on any atom is 0.246 e. The van der Waals surface area contributed by atoms with E-state index in [4.69, 9.17) is 0 Å². The van der Waals surface area contributed by atoms with Crippen LogP contribution in [0.3, 0.4) is 0 Å². The number of hydrogen-bond donors (Lipinski definition) is 1. The molecule has 0 saturated carbocycles. The first-order valence-corrected chi connectivity index (χ1v) is 8.13. The number of anilines is 1. The Kier molecular flexibility index (Phi) is 6.24. The molecule has 1 aromatic heterocycles. The van der Waals surface area contributed by atoms with Gasteiger partial charge in [0, 0.05) is 26.3 Å². The molecule has 0 radical (unpaired) electrons. The maximum absolute atomic E-state index is 12.5. The minimum absolute atomic E-state index is 0.246. The molecule has 0 bridgehead atoms. The van der Waals surface area contributed by atoms with Gasteiger partial charge in [-0.05, 0) is 25.5 Å². The fourth-order valence-electron chi connectivity index (χ4n) is 1.77. The van der Waals surface area contributed by atoms with Gasteiger partial charge in [0.1, 0.15) is 10.7 Å². The second kappa shape index (κ2) is 7.45. The van der Waals surface area contributed by atoms with Crippen molar-refractivity contribution in [2.45, 2.75) is 38.0 Å². The van der Waals surface area contributed by atoms with E-state index >= 15 is 0 Å². The highest BCUT2D eigenvalue weighted by molar-refractivity contribution is 7.89. The Morgan fingerprint density at radius 2 is 2.05 bits per heavy atom. The molecule has 0 amide bonds. The molecule has 6 heteroatoms. The quantitative estimate of drug-likeness (QED) is 0.745. The van der Waals surface area contributed by atoms with Gasteiger partial charge < -0.3 is 5.32 Å². The zero-order valence-corrected chi connectivity index (χ0v) is 12.7. The molecule has 0 unspecified atom stereocenters. The number of sulfonamides is 1. The molecule has 0 aromatic carbocycles. The van der Waals surface area contributed by atoms with Gasteiger partial charge in [-0.2, -0.15) is 0 Å². The minimum atomic E-state index is -3.46. The highest BCUT2D eigenvalue weighted by Crippen LogP contribution is 2.21. The lowest BCUT2D eigenvalue weighted by Gasteiger charge is -2.18. The molecular formula is C13H23N3O2S. The summed E-state index contributed by atoms with van der Waals surface area (Å²) in [5.41, 5.74) is 0. The van der Waals surface area contributed by atoms with Gasteiger partial charge in [0.05, 0.1) is 0 Å². The van der Waals surface area contributed by atoms with Crippen LogP contribution in [-0.2, 0) is 10.0 Å². The molecule has 0 spiro atoms. The molecule has 19 heavy (non-hydrogen) atoms. The van der Waals surface area contributed by atoms with E-state index in [0.29, 0.717) is 18.9 Å². The van der Waals surface area contributed by atoms with Gasteiger partial charge in [-0.15, -0.1) is 0 Å². The smallest absolute Gasteiger partial charge is 0.246 e. The Bertz CT molecular complexity index is 488. The number of rotatable bonds is 8. The summed E-state index contributed by atoms with van der Waals surface area (Å²) in [5, 5.41) is 2.99. The summed E-state index contributed by atoms with van der Waals surface area (Å²) in [6, 6.07) is 3.24. The SMILES string of the molecule is CCCCCN(C)S(=O)(=O)c1cccnc1NCC. The molecule has 108 valence electrons. The summed E-state index contributed by atoms with van der Waals surface area (Å²) < 4.78 is 26.3. The molecule has 5 nitrogen and oxygen atoms in total. The van der Waals surface area contributed by atoms with Crippen LogP contribution in [-0.4, -0.2) is 37.8 Å². The molecule has 0 saturated heterocycles. The van der Waals surface area contributed by atoms with Gasteiger partial charge in [0.2, 0.25) is 10.0 Å². The molecule has 0 fully saturated rings. The Morgan fingerprint density at radius 1 is 1.32 bits per heavy atom. The van der Waals surface area contributed by atoms with Crippen LogP contribution in [0.1, 0.15) is 33.1 Å². The van der Waals surface area contributed by atoms with Crippen molar-refractivity contribution in [3.05, 3.63) is 18.3 Å². The lowest BCUT2D eigenvalue weighted by molar-refractivity contribution is 0.454. The average Bonchev–Trinajstić information content (AvgIpc) is 2.39. The second-order valence-electron chi connectivity index (χ2n) is 4.41. The van der Waals surface area contributed by atoms with Gasteiger partial charge in [-0.25, -0.2) is 17.7 Å². The number of nitrogens with zero attached hydrogens (tertiary/aromatic N) is 2. The summed E-state index contributed by atoms with van der Waals surface area (Å²) in [7, 11) is -1.85. The zero-order chi connectivity index (χ0) is 14.3. The van der Waals surface area contributed by atoms with Crippen LogP contribution in [0.5, 0.6) is 0 Å². The van der Waals surface area contributed by atoms with E-state index in [2.05, 4.69) is 17.2 Å². The third kappa shape index (κ3) is 4.18. The van der Waals surface area contributed by atoms with Crippen molar-refractivity contribution in [3.63, 3.8) is 0 Å². The zero-order valence-electron chi connectivity index (χ0n) is 11.9. The number of unbranched alkanes of at least 4 members (excludes halogenated alkanes) is 2. The summed E-state index contributed by atoms with van der Waals surface area (Å²) in [5.74, 6) is 0.423. The van der Waals surface area contributed by atoms with Crippen LogP contribution in [0.15, 0.2) is 23.2 Å². The van der Waals surface area contributed by atoms with Crippen molar-refractivity contribution in [1.82, 2.24) is 9.29 Å². The first-order valence-electron chi connectivity index (χ1n) is 6.69. The predicted octanol–water partition coefficient (Wildman–Crippen LogP) is 2.32. The van der Waals surface area contributed by atoms with E-state index in [9.17, 15) is 8.42 Å². The van der Waals surface area contributed by atoms with E-state index in [-0.39, 0.29) is 4.90 Å². The van der Waals surface area contributed by atoms with Crippen molar-refractivity contribution in [1.29, 1.82) is 0 Å². The molecule has 1 rings (SSSR count). The van der Waals surface area contributed by atoms with Crippen LogP contribution in [0, 0.1) is 0 Å². The summed E-state index contributed by atoms with van der Waals surface area (Å²) >= 11 is 0.